The predicted molar refractivity (Wildman–Crippen MR) is 85.0 cm³/mol. The molecule has 1 saturated heterocycles. The molecule has 1 atom stereocenters. The van der Waals surface area contributed by atoms with Crippen LogP contribution in [0.3, 0.4) is 0 Å². The van der Waals surface area contributed by atoms with Gasteiger partial charge in [0.1, 0.15) is 6.04 Å². The quantitative estimate of drug-likeness (QED) is 0.824. The van der Waals surface area contributed by atoms with Crippen LogP contribution >= 0.6 is 12.4 Å². The molecule has 2 rings (SSSR count). The van der Waals surface area contributed by atoms with E-state index in [4.69, 9.17) is 11.5 Å². The summed E-state index contributed by atoms with van der Waals surface area (Å²) in [6.07, 6.45) is 8.74. The number of halogens is 1. The van der Waals surface area contributed by atoms with Crippen molar-refractivity contribution in [3.63, 3.8) is 0 Å². The van der Waals surface area contributed by atoms with Crippen LogP contribution in [0.15, 0.2) is 0 Å². The van der Waals surface area contributed by atoms with Gasteiger partial charge in [-0.05, 0) is 44.1 Å². The van der Waals surface area contributed by atoms with Crippen LogP contribution in [0.4, 0.5) is 0 Å². The second kappa shape index (κ2) is 7.99. The van der Waals surface area contributed by atoms with E-state index in [-0.39, 0.29) is 29.6 Å². The number of hydrogen-bond acceptors (Lipinski definition) is 3. The maximum Gasteiger partial charge on any atom is 0.240 e. The molecule has 21 heavy (non-hydrogen) atoms. The third-order valence-electron chi connectivity index (χ3n) is 5.03. The Labute approximate surface area is 133 Å². The van der Waals surface area contributed by atoms with Crippen molar-refractivity contribution in [2.24, 2.45) is 16.9 Å². The zero-order chi connectivity index (χ0) is 14.6. The molecule has 1 heterocycles. The van der Waals surface area contributed by atoms with E-state index in [1.165, 1.54) is 6.42 Å². The fourth-order valence-electron chi connectivity index (χ4n) is 3.70. The molecule has 0 radical (unpaired) electrons. The molecule has 2 amide bonds. The molecule has 6 heteroatoms. The number of nitrogens with two attached hydrogens (primary N) is 2. The van der Waals surface area contributed by atoms with Crippen molar-refractivity contribution in [3.8, 4) is 0 Å². The molecular weight excluding hydrogens is 290 g/mol. The molecule has 0 aromatic rings. The van der Waals surface area contributed by atoms with E-state index in [0.717, 1.165) is 38.5 Å². The molecule has 5 nitrogen and oxygen atoms in total. The zero-order valence-electron chi connectivity index (χ0n) is 12.7. The average Bonchev–Trinajstić information content (AvgIpc) is 2.48. The average molecular weight is 318 g/mol. The summed E-state index contributed by atoms with van der Waals surface area (Å²) in [5.41, 5.74) is 11.3. The van der Waals surface area contributed by atoms with Crippen LogP contribution in [-0.4, -0.2) is 35.8 Å². The summed E-state index contributed by atoms with van der Waals surface area (Å²) in [5, 5.41) is 0. The van der Waals surface area contributed by atoms with Gasteiger partial charge in [-0.1, -0.05) is 19.3 Å². The van der Waals surface area contributed by atoms with Crippen molar-refractivity contribution >= 4 is 24.2 Å². The molecule has 122 valence electrons. The number of rotatable bonds is 4. The Balaban J connectivity index is 0.00000220. The van der Waals surface area contributed by atoms with Gasteiger partial charge in [0.2, 0.25) is 11.8 Å². The van der Waals surface area contributed by atoms with Gasteiger partial charge in [0, 0.05) is 13.0 Å². The maximum atomic E-state index is 12.6. The number of carbonyl (C=O) groups is 2. The van der Waals surface area contributed by atoms with Gasteiger partial charge >= 0.3 is 0 Å². The molecule has 1 aliphatic heterocycles. The minimum atomic E-state index is -0.408. The molecule has 2 fully saturated rings. The number of hydrogen-bond donors (Lipinski definition) is 2. The van der Waals surface area contributed by atoms with Crippen molar-refractivity contribution in [1.29, 1.82) is 0 Å². The molecule has 4 N–H and O–H groups in total. The summed E-state index contributed by atoms with van der Waals surface area (Å²) < 4.78 is 0. The Morgan fingerprint density at radius 2 is 1.76 bits per heavy atom. The standard InChI is InChI=1S/C15H27N3O2.ClH/c16-11-15(7-3-1-4-8-15)10-13(19)18-9-5-2-6-12(18)14(17)20;/h12H,1-11,16H2,(H2,17,20);1H. The van der Waals surface area contributed by atoms with Crippen molar-refractivity contribution < 1.29 is 9.59 Å². The summed E-state index contributed by atoms with van der Waals surface area (Å²) in [6, 6.07) is -0.408. The molecule has 1 aliphatic carbocycles. The van der Waals surface area contributed by atoms with Crippen LogP contribution in [0.2, 0.25) is 0 Å². The molecule has 1 saturated carbocycles. The van der Waals surface area contributed by atoms with Gasteiger partial charge < -0.3 is 16.4 Å². The Bertz CT molecular complexity index is 370. The van der Waals surface area contributed by atoms with E-state index in [1.54, 1.807) is 4.90 Å². The lowest BCUT2D eigenvalue weighted by molar-refractivity contribution is -0.143. The van der Waals surface area contributed by atoms with Crippen LogP contribution in [-0.2, 0) is 9.59 Å². The summed E-state index contributed by atoms with van der Waals surface area (Å²) in [6.45, 7) is 1.22. The van der Waals surface area contributed by atoms with Crippen LogP contribution in [0.5, 0.6) is 0 Å². The van der Waals surface area contributed by atoms with Gasteiger partial charge in [-0.25, -0.2) is 0 Å². The van der Waals surface area contributed by atoms with Crippen molar-refractivity contribution in [1.82, 2.24) is 4.90 Å². The van der Waals surface area contributed by atoms with E-state index >= 15 is 0 Å². The number of carbonyl (C=O) groups excluding carboxylic acids is 2. The van der Waals surface area contributed by atoms with Gasteiger partial charge in [0.15, 0.2) is 0 Å². The van der Waals surface area contributed by atoms with E-state index in [1.807, 2.05) is 0 Å². The largest absolute Gasteiger partial charge is 0.368 e. The predicted octanol–water partition coefficient (Wildman–Crippen LogP) is 1.57. The first-order valence-electron chi connectivity index (χ1n) is 7.87. The second-order valence-corrected chi connectivity index (χ2v) is 6.44. The summed E-state index contributed by atoms with van der Waals surface area (Å²) in [7, 11) is 0. The SMILES string of the molecule is Cl.NCC1(CC(=O)N2CCCCC2C(N)=O)CCCCC1. The highest BCUT2D eigenvalue weighted by Crippen LogP contribution is 2.39. The minimum Gasteiger partial charge on any atom is -0.368 e. The smallest absolute Gasteiger partial charge is 0.240 e. The Kier molecular flexibility index (Phi) is 6.94. The number of nitrogens with zero attached hydrogens (tertiary/aromatic N) is 1. The lowest BCUT2D eigenvalue weighted by Gasteiger charge is -2.40. The molecule has 2 aliphatic rings. The topological polar surface area (TPSA) is 89.4 Å². The Hall–Kier alpha value is -0.810. The third-order valence-corrected chi connectivity index (χ3v) is 5.03. The summed E-state index contributed by atoms with van der Waals surface area (Å²) >= 11 is 0. The molecule has 0 aromatic carbocycles. The number of likely N-dealkylation sites (tertiary alicyclic amines) is 1. The number of amides is 2. The molecule has 0 aromatic heterocycles. The van der Waals surface area contributed by atoms with E-state index in [2.05, 4.69) is 0 Å². The highest BCUT2D eigenvalue weighted by molar-refractivity contribution is 5.87. The summed E-state index contributed by atoms with van der Waals surface area (Å²) in [4.78, 5) is 25.8. The maximum absolute atomic E-state index is 12.6. The molecule has 0 bridgehead atoms. The van der Waals surface area contributed by atoms with Gasteiger partial charge in [-0.15, -0.1) is 12.4 Å². The van der Waals surface area contributed by atoms with Crippen molar-refractivity contribution in [2.75, 3.05) is 13.1 Å². The Morgan fingerprint density at radius 3 is 2.33 bits per heavy atom. The molecule has 1 unspecified atom stereocenters. The number of primary amides is 1. The number of piperidine rings is 1. The van der Waals surface area contributed by atoms with Gasteiger partial charge in [-0.3, -0.25) is 9.59 Å². The van der Waals surface area contributed by atoms with Gasteiger partial charge in [-0.2, -0.15) is 0 Å². The zero-order valence-corrected chi connectivity index (χ0v) is 13.5. The van der Waals surface area contributed by atoms with Crippen LogP contribution in [0.25, 0.3) is 0 Å². The lowest BCUT2D eigenvalue weighted by Crippen LogP contribution is -2.52. The fraction of sp³-hybridized carbons (Fsp3) is 0.867. The van der Waals surface area contributed by atoms with Crippen molar-refractivity contribution in [2.45, 2.75) is 63.8 Å². The van der Waals surface area contributed by atoms with E-state index in [0.29, 0.717) is 25.9 Å². The monoisotopic (exact) mass is 317 g/mol. The fourth-order valence-corrected chi connectivity index (χ4v) is 3.70. The first-order valence-corrected chi connectivity index (χ1v) is 7.87. The van der Waals surface area contributed by atoms with E-state index < -0.39 is 6.04 Å². The van der Waals surface area contributed by atoms with Crippen LogP contribution in [0.1, 0.15) is 57.8 Å². The minimum absolute atomic E-state index is 0. The van der Waals surface area contributed by atoms with E-state index in [9.17, 15) is 9.59 Å². The van der Waals surface area contributed by atoms with Crippen molar-refractivity contribution in [3.05, 3.63) is 0 Å². The summed E-state index contributed by atoms with van der Waals surface area (Å²) in [5.74, 6) is -0.302. The molecular formula is C15H28ClN3O2. The third kappa shape index (κ3) is 4.33. The van der Waals surface area contributed by atoms with Crippen LogP contribution < -0.4 is 11.5 Å². The Morgan fingerprint density at radius 1 is 1.10 bits per heavy atom. The van der Waals surface area contributed by atoms with Gasteiger partial charge in [0.05, 0.1) is 0 Å². The first kappa shape index (κ1) is 18.2. The highest BCUT2D eigenvalue weighted by atomic mass is 35.5. The normalized spacial score (nSPS) is 25.0. The van der Waals surface area contributed by atoms with Crippen LogP contribution in [0, 0.1) is 5.41 Å². The first-order chi connectivity index (χ1) is 9.58. The lowest BCUT2D eigenvalue weighted by atomic mass is 9.71. The van der Waals surface area contributed by atoms with Gasteiger partial charge in [0.25, 0.3) is 0 Å². The second-order valence-electron chi connectivity index (χ2n) is 6.44. The highest BCUT2D eigenvalue weighted by Gasteiger charge is 2.37. The molecule has 0 spiro atoms.